The van der Waals surface area contributed by atoms with Crippen molar-refractivity contribution in [3.05, 3.63) is 65.5 Å². The predicted octanol–water partition coefficient (Wildman–Crippen LogP) is 3.63. The lowest BCUT2D eigenvalue weighted by atomic mass is 9.96. The first-order valence-corrected chi connectivity index (χ1v) is 11.0. The van der Waals surface area contributed by atoms with Gasteiger partial charge in [0, 0.05) is 31.0 Å². The summed E-state index contributed by atoms with van der Waals surface area (Å²) in [6, 6.07) is 9.75. The minimum Gasteiger partial charge on any atom is -0.507 e. The van der Waals surface area contributed by atoms with Gasteiger partial charge in [-0.05, 0) is 68.9 Å². The monoisotopic (exact) mass is 437 g/mol. The third-order valence-corrected chi connectivity index (χ3v) is 5.61. The van der Waals surface area contributed by atoms with Crippen LogP contribution in [0.5, 0.6) is 5.75 Å². The first-order valence-electron chi connectivity index (χ1n) is 11.0. The molecule has 2 heterocycles. The summed E-state index contributed by atoms with van der Waals surface area (Å²) in [6.45, 7) is 10.7. The van der Waals surface area contributed by atoms with E-state index >= 15 is 0 Å². The van der Waals surface area contributed by atoms with Gasteiger partial charge in [0.15, 0.2) is 0 Å². The van der Waals surface area contributed by atoms with Crippen molar-refractivity contribution in [2.45, 2.75) is 39.8 Å². The molecule has 0 spiro atoms. The number of nitrogens with zero attached hydrogens (tertiary/aromatic N) is 3. The van der Waals surface area contributed by atoms with E-state index in [4.69, 9.17) is 4.74 Å². The zero-order valence-electron chi connectivity index (χ0n) is 19.1. The van der Waals surface area contributed by atoms with E-state index in [0.29, 0.717) is 24.4 Å². The van der Waals surface area contributed by atoms with Crippen LogP contribution in [0.4, 0.5) is 0 Å². The third-order valence-electron chi connectivity index (χ3n) is 5.61. The summed E-state index contributed by atoms with van der Waals surface area (Å²) < 4.78 is 5.66. The molecule has 1 aliphatic rings. The average molecular weight is 438 g/mol. The highest BCUT2D eigenvalue weighted by atomic mass is 16.5. The highest BCUT2D eigenvalue weighted by molar-refractivity contribution is 6.46. The molecule has 0 aliphatic carbocycles. The van der Waals surface area contributed by atoms with Crippen molar-refractivity contribution >= 4 is 17.4 Å². The van der Waals surface area contributed by atoms with Gasteiger partial charge < -0.3 is 19.6 Å². The highest BCUT2D eigenvalue weighted by Gasteiger charge is 2.45. The SMILES string of the molecule is CCN(CC)CCN1C(=O)C(=O)C(=C(O)c2ccc(OC(C)C)cc2)[C@@H]1c1ccncc1. The summed E-state index contributed by atoms with van der Waals surface area (Å²) in [4.78, 5) is 33.8. The van der Waals surface area contributed by atoms with Gasteiger partial charge in [0.25, 0.3) is 11.7 Å². The molecule has 3 rings (SSSR count). The van der Waals surface area contributed by atoms with Gasteiger partial charge in [-0.1, -0.05) is 13.8 Å². The Morgan fingerprint density at radius 1 is 1.09 bits per heavy atom. The van der Waals surface area contributed by atoms with Gasteiger partial charge in [-0.15, -0.1) is 0 Å². The van der Waals surface area contributed by atoms with Gasteiger partial charge in [0.05, 0.1) is 17.7 Å². The largest absolute Gasteiger partial charge is 0.507 e. The number of ketones is 1. The molecule has 1 fully saturated rings. The zero-order valence-corrected chi connectivity index (χ0v) is 19.1. The van der Waals surface area contributed by atoms with E-state index in [1.54, 1.807) is 53.7 Å². The molecule has 2 aromatic rings. The molecule has 32 heavy (non-hydrogen) atoms. The Morgan fingerprint density at radius 3 is 2.28 bits per heavy atom. The Hall–Kier alpha value is -3.19. The van der Waals surface area contributed by atoms with Crippen LogP contribution in [0.15, 0.2) is 54.4 Å². The molecule has 1 aliphatic heterocycles. The summed E-state index contributed by atoms with van der Waals surface area (Å²) in [6.07, 6.45) is 3.27. The number of likely N-dealkylation sites (N-methyl/N-ethyl adjacent to an activating group) is 1. The fourth-order valence-corrected chi connectivity index (χ4v) is 3.91. The van der Waals surface area contributed by atoms with Gasteiger partial charge in [-0.25, -0.2) is 0 Å². The molecule has 1 amide bonds. The summed E-state index contributed by atoms with van der Waals surface area (Å²) >= 11 is 0. The lowest BCUT2D eigenvalue weighted by molar-refractivity contribution is -0.140. The van der Waals surface area contributed by atoms with E-state index in [1.165, 1.54) is 0 Å². The number of hydrogen-bond donors (Lipinski definition) is 1. The molecule has 7 heteroatoms. The fourth-order valence-electron chi connectivity index (χ4n) is 3.91. The molecule has 170 valence electrons. The van der Waals surface area contributed by atoms with Crippen LogP contribution >= 0.6 is 0 Å². The number of pyridine rings is 1. The van der Waals surface area contributed by atoms with Crippen LogP contribution in [0, 0.1) is 0 Å². The van der Waals surface area contributed by atoms with Crippen LogP contribution < -0.4 is 4.74 Å². The number of rotatable bonds is 9. The van der Waals surface area contributed by atoms with Crippen molar-refractivity contribution in [1.29, 1.82) is 0 Å². The maximum atomic E-state index is 13.0. The molecule has 1 aromatic heterocycles. The van der Waals surface area contributed by atoms with E-state index < -0.39 is 17.7 Å². The molecule has 1 saturated heterocycles. The number of carbonyl (C=O) groups is 2. The lowest BCUT2D eigenvalue weighted by Gasteiger charge is -2.28. The molecule has 0 radical (unpaired) electrons. The van der Waals surface area contributed by atoms with Crippen LogP contribution in [-0.4, -0.2) is 63.9 Å². The average Bonchev–Trinajstić information content (AvgIpc) is 3.05. The number of hydrogen-bond acceptors (Lipinski definition) is 6. The molecule has 1 aromatic carbocycles. The van der Waals surface area contributed by atoms with E-state index in [9.17, 15) is 14.7 Å². The number of aliphatic hydroxyl groups excluding tert-OH is 1. The summed E-state index contributed by atoms with van der Waals surface area (Å²) in [5.74, 6) is -0.792. The molecule has 7 nitrogen and oxygen atoms in total. The molecular formula is C25H31N3O4. The van der Waals surface area contributed by atoms with E-state index in [0.717, 1.165) is 18.7 Å². The number of Topliss-reactive ketones (excluding diaryl/α,β-unsaturated/α-hetero) is 1. The molecule has 0 saturated carbocycles. The van der Waals surface area contributed by atoms with Crippen LogP contribution in [0.25, 0.3) is 5.76 Å². The third kappa shape index (κ3) is 4.99. The molecule has 0 bridgehead atoms. The second-order valence-electron chi connectivity index (χ2n) is 7.99. The second-order valence-corrected chi connectivity index (χ2v) is 7.99. The first-order chi connectivity index (χ1) is 15.4. The molecule has 1 atom stereocenters. The lowest BCUT2D eigenvalue weighted by Crippen LogP contribution is -2.38. The standard InChI is InChI=1S/C25H31N3O4/c1-5-27(6-2)15-16-28-22(18-11-13-26-14-12-18)21(24(30)25(28)31)23(29)19-7-9-20(10-8-19)32-17(3)4/h7-14,17,22,29H,5-6,15-16H2,1-4H3/t22-/m0/s1. The number of amides is 1. The number of aliphatic hydroxyl groups is 1. The minimum atomic E-state index is -0.675. The zero-order chi connectivity index (χ0) is 23.3. The number of carbonyl (C=O) groups excluding carboxylic acids is 2. The molecule has 1 N–H and O–H groups in total. The maximum absolute atomic E-state index is 13.0. The number of likely N-dealkylation sites (tertiary alicyclic amines) is 1. The summed E-state index contributed by atoms with van der Waals surface area (Å²) in [5, 5.41) is 11.1. The fraction of sp³-hybridized carbons (Fsp3) is 0.400. The predicted molar refractivity (Wildman–Crippen MR) is 123 cm³/mol. The van der Waals surface area contributed by atoms with Crippen molar-refractivity contribution in [3.8, 4) is 5.75 Å². The molecule has 0 unspecified atom stereocenters. The van der Waals surface area contributed by atoms with Crippen molar-refractivity contribution in [3.63, 3.8) is 0 Å². The minimum absolute atomic E-state index is 0.0252. The van der Waals surface area contributed by atoms with Gasteiger partial charge in [-0.3, -0.25) is 14.6 Å². The number of aromatic nitrogens is 1. The Balaban J connectivity index is 2.02. The summed E-state index contributed by atoms with van der Waals surface area (Å²) in [7, 11) is 0. The number of benzene rings is 1. The maximum Gasteiger partial charge on any atom is 0.295 e. The van der Waals surface area contributed by atoms with E-state index in [-0.39, 0.29) is 17.4 Å². The Bertz CT molecular complexity index is 966. The second kappa shape index (κ2) is 10.4. The Morgan fingerprint density at radius 2 is 1.72 bits per heavy atom. The van der Waals surface area contributed by atoms with Crippen molar-refractivity contribution in [2.24, 2.45) is 0 Å². The topological polar surface area (TPSA) is 83.0 Å². The molecular weight excluding hydrogens is 406 g/mol. The van der Waals surface area contributed by atoms with Crippen molar-refractivity contribution in [2.75, 3.05) is 26.2 Å². The van der Waals surface area contributed by atoms with Crippen LogP contribution in [0.2, 0.25) is 0 Å². The van der Waals surface area contributed by atoms with Gasteiger partial charge in [-0.2, -0.15) is 0 Å². The van der Waals surface area contributed by atoms with E-state index in [2.05, 4.69) is 23.7 Å². The Labute approximate surface area is 189 Å². The highest BCUT2D eigenvalue weighted by Crippen LogP contribution is 2.39. The quantitative estimate of drug-likeness (QED) is 0.366. The van der Waals surface area contributed by atoms with Crippen molar-refractivity contribution in [1.82, 2.24) is 14.8 Å². The van der Waals surface area contributed by atoms with Crippen LogP contribution in [0.1, 0.15) is 44.9 Å². The van der Waals surface area contributed by atoms with E-state index in [1.807, 2.05) is 13.8 Å². The number of ether oxygens (including phenoxy) is 1. The van der Waals surface area contributed by atoms with Gasteiger partial charge in [0.1, 0.15) is 11.5 Å². The van der Waals surface area contributed by atoms with Gasteiger partial charge in [0.2, 0.25) is 0 Å². The van der Waals surface area contributed by atoms with Crippen LogP contribution in [-0.2, 0) is 9.59 Å². The van der Waals surface area contributed by atoms with Crippen LogP contribution in [0.3, 0.4) is 0 Å². The normalized spacial score (nSPS) is 18.1. The summed E-state index contributed by atoms with van der Waals surface area (Å²) in [5.41, 5.74) is 1.29. The Kier molecular flexibility index (Phi) is 7.64. The first kappa shape index (κ1) is 23.5. The van der Waals surface area contributed by atoms with Crippen molar-refractivity contribution < 1.29 is 19.4 Å². The smallest absolute Gasteiger partial charge is 0.295 e. The van der Waals surface area contributed by atoms with Gasteiger partial charge >= 0.3 is 0 Å².